The fraction of sp³-hybridized carbons (Fsp3) is 0.346. The number of hydrogen-bond donors (Lipinski definition) is 1. The van der Waals surface area contributed by atoms with E-state index in [0.717, 1.165) is 16.9 Å². The number of carbonyl (C=O) groups excluding carboxylic acids is 2. The van der Waals surface area contributed by atoms with Crippen molar-refractivity contribution in [2.45, 2.75) is 33.1 Å². The molecule has 3 rings (SSSR count). The zero-order valence-corrected chi connectivity index (χ0v) is 22.1. The smallest absolute Gasteiger partial charge is 0.254 e. The first kappa shape index (κ1) is 26.7. The van der Waals surface area contributed by atoms with Gasteiger partial charge in [-0.3, -0.25) is 9.59 Å². The molecule has 0 bridgehead atoms. The molecule has 2 aromatic carbocycles. The topological polar surface area (TPSA) is 76.5 Å². The first-order chi connectivity index (χ1) is 16.5. The molecule has 1 N–H and O–H groups in total. The van der Waals surface area contributed by atoms with Crippen molar-refractivity contribution >= 4 is 40.8 Å². The van der Waals surface area contributed by atoms with Crippen molar-refractivity contribution in [3.8, 4) is 5.69 Å². The van der Waals surface area contributed by atoms with Crippen LogP contribution in [0.2, 0.25) is 10.0 Å². The van der Waals surface area contributed by atoms with E-state index in [-0.39, 0.29) is 41.9 Å². The van der Waals surface area contributed by atoms with Gasteiger partial charge in [-0.1, -0.05) is 61.7 Å². The fourth-order valence-corrected chi connectivity index (χ4v) is 3.64. The Morgan fingerprint density at radius 3 is 2.34 bits per heavy atom. The van der Waals surface area contributed by atoms with E-state index in [1.54, 1.807) is 16.8 Å². The van der Waals surface area contributed by atoms with E-state index >= 15 is 0 Å². The quantitative estimate of drug-likeness (QED) is 0.428. The molecule has 2 amide bonds. The number of anilines is 1. The summed E-state index contributed by atoms with van der Waals surface area (Å²) in [6, 6.07) is 14.4. The summed E-state index contributed by atoms with van der Waals surface area (Å²) in [5.74, 6) is -0.182. The maximum atomic E-state index is 13.1. The molecule has 0 fully saturated rings. The lowest BCUT2D eigenvalue weighted by Gasteiger charge is -2.22. The third kappa shape index (κ3) is 6.84. The number of aryl methyl sites for hydroxylation is 1. The minimum Gasteiger partial charge on any atom is -0.383 e. The third-order valence-electron chi connectivity index (χ3n) is 5.38. The lowest BCUT2D eigenvalue weighted by Crippen LogP contribution is -2.40. The molecule has 0 atom stereocenters. The van der Waals surface area contributed by atoms with Gasteiger partial charge in [-0.15, -0.1) is 0 Å². The van der Waals surface area contributed by atoms with Crippen LogP contribution in [0.25, 0.3) is 5.69 Å². The molecule has 9 heteroatoms. The molecule has 0 aliphatic rings. The summed E-state index contributed by atoms with van der Waals surface area (Å²) in [7, 11) is 1.54. The standard InChI is InChI=1S/C26H30Cl2N4O3/c1-17-6-9-19(10-7-17)32-23(15-22(30-32)26(2,3)4)29-24(33)16-31(12-13-35-5)25(34)18-8-11-20(27)21(28)14-18/h6-11,14-15H,12-13,16H2,1-5H3,(H,29,33). The van der Waals surface area contributed by atoms with Gasteiger partial charge < -0.3 is 15.0 Å². The number of aromatic nitrogens is 2. The Bertz CT molecular complexity index is 1200. The number of nitrogens with one attached hydrogen (secondary N) is 1. The first-order valence-electron chi connectivity index (χ1n) is 11.2. The maximum Gasteiger partial charge on any atom is 0.254 e. The number of carbonyl (C=O) groups is 2. The van der Waals surface area contributed by atoms with Crippen LogP contribution in [0.4, 0.5) is 5.82 Å². The molecule has 0 aliphatic carbocycles. The van der Waals surface area contributed by atoms with Crippen LogP contribution in [0, 0.1) is 6.92 Å². The van der Waals surface area contributed by atoms with Crippen LogP contribution in [0.5, 0.6) is 0 Å². The van der Waals surface area contributed by atoms with Crippen LogP contribution in [0.15, 0.2) is 48.5 Å². The van der Waals surface area contributed by atoms with Crippen molar-refractivity contribution in [3.63, 3.8) is 0 Å². The van der Waals surface area contributed by atoms with Crippen LogP contribution in [0.1, 0.15) is 42.4 Å². The fourth-order valence-electron chi connectivity index (χ4n) is 3.34. The Morgan fingerprint density at radius 1 is 1.06 bits per heavy atom. The molecule has 0 saturated carbocycles. The summed E-state index contributed by atoms with van der Waals surface area (Å²) in [5.41, 5.74) is 2.89. The highest BCUT2D eigenvalue weighted by molar-refractivity contribution is 6.42. The Morgan fingerprint density at radius 2 is 1.74 bits per heavy atom. The number of halogens is 2. The van der Waals surface area contributed by atoms with Gasteiger partial charge in [0.05, 0.1) is 28.0 Å². The summed E-state index contributed by atoms with van der Waals surface area (Å²) < 4.78 is 6.85. The van der Waals surface area contributed by atoms with Gasteiger partial charge in [0, 0.05) is 30.7 Å². The van der Waals surface area contributed by atoms with Crippen molar-refractivity contribution in [1.29, 1.82) is 0 Å². The predicted molar refractivity (Wildman–Crippen MR) is 140 cm³/mol. The highest BCUT2D eigenvalue weighted by Gasteiger charge is 2.24. The highest BCUT2D eigenvalue weighted by atomic mass is 35.5. The highest BCUT2D eigenvalue weighted by Crippen LogP contribution is 2.27. The summed E-state index contributed by atoms with van der Waals surface area (Å²) in [5, 5.41) is 8.29. The second-order valence-corrected chi connectivity index (χ2v) is 10.1. The van der Waals surface area contributed by atoms with E-state index in [1.807, 2.05) is 37.3 Å². The molecule has 7 nitrogen and oxygen atoms in total. The number of hydrogen-bond acceptors (Lipinski definition) is 4. The molecule has 0 saturated heterocycles. The first-order valence-corrected chi connectivity index (χ1v) is 12.0. The lowest BCUT2D eigenvalue weighted by molar-refractivity contribution is -0.117. The third-order valence-corrected chi connectivity index (χ3v) is 6.12. The van der Waals surface area contributed by atoms with E-state index in [1.165, 1.54) is 18.1 Å². The Kier molecular flexibility index (Phi) is 8.59. The molecule has 1 aromatic heterocycles. The van der Waals surface area contributed by atoms with Crippen molar-refractivity contribution in [2.75, 3.05) is 32.1 Å². The molecule has 0 aliphatic heterocycles. The molecule has 0 radical (unpaired) electrons. The van der Waals surface area contributed by atoms with Crippen LogP contribution in [-0.4, -0.2) is 53.3 Å². The number of benzene rings is 2. The normalized spacial score (nSPS) is 11.4. The van der Waals surface area contributed by atoms with Crippen molar-refractivity contribution in [2.24, 2.45) is 0 Å². The van der Waals surface area contributed by atoms with E-state index in [0.29, 0.717) is 16.4 Å². The molecule has 35 heavy (non-hydrogen) atoms. The number of ether oxygens (including phenoxy) is 1. The summed E-state index contributed by atoms with van der Waals surface area (Å²) in [4.78, 5) is 27.6. The predicted octanol–water partition coefficient (Wildman–Crippen LogP) is 5.51. The minimum absolute atomic E-state index is 0.174. The monoisotopic (exact) mass is 516 g/mol. The number of amides is 2. The van der Waals surface area contributed by atoms with Crippen LogP contribution >= 0.6 is 23.2 Å². The van der Waals surface area contributed by atoms with E-state index in [2.05, 4.69) is 26.1 Å². The Balaban J connectivity index is 1.86. The van der Waals surface area contributed by atoms with E-state index < -0.39 is 0 Å². The van der Waals surface area contributed by atoms with Crippen LogP contribution < -0.4 is 5.32 Å². The lowest BCUT2D eigenvalue weighted by atomic mass is 9.92. The van der Waals surface area contributed by atoms with Gasteiger partial charge in [-0.25, -0.2) is 4.68 Å². The SMILES string of the molecule is COCCN(CC(=O)Nc1cc(C(C)(C)C)nn1-c1ccc(C)cc1)C(=O)c1ccc(Cl)c(Cl)c1. The molecule has 3 aromatic rings. The average Bonchev–Trinajstić information content (AvgIpc) is 3.22. The van der Waals surface area contributed by atoms with E-state index in [9.17, 15) is 9.59 Å². The summed E-state index contributed by atoms with van der Waals surface area (Å²) in [6.45, 7) is 8.51. The Hall–Kier alpha value is -2.87. The van der Waals surface area contributed by atoms with Gasteiger partial charge in [0.1, 0.15) is 12.4 Å². The zero-order valence-electron chi connectivity index (χ0n) is 20.6. The van der Waals surface area contributed by atoms with Crippen LogP contribution in [-0.2, 0) is 14.9 Å². The number of rotatable bonds is 8. The largest absolute Gasteiger partial charge is 0.383 e. The second kappa shape index (κ2) is 11.2. The summed E-state index contributed by atoms with van der Waals surface area (Å²) >= 11 is 12.1. The van der Waals surface area contributed by atoms with Gasteiger partial charge in [-0.05, 0) is 37.3 Å². The molecule has 1 heterocycles. The second-order valence-electron chi connectivity index (χ2n) is 9.31. The molecule has 186 valence electrons. The molecular weight excluding hydrogens is 487 g/mol. The van der Waals surface area contributed by atoms with Crippen LogP contribution in [0.3, 0.4) is 0 Å². The number of methoxy groups -OCH3 is 1. The molecule has 0 unspecified atom stereocenters. The Labute approximate surface area is 216 Å². The van der Waals surface area contributed by atoms with Crippen molar-refractivity contribution in [3.05, 3.63) is 75.4 Å². The molecular formula is C26H30Cl2N4O3. The van der Waals surface area contributed by atoms with Gasteiger partial charge in [-0.2, -0.15) is 5.10 Å². The van der Waals surface area contributed by atoms with E-state index in [4.69, 9.17) is 33.0 Å². The maximum absolute atomic E-state index is 13.1. The number of nitrogens with zero attached hydrogens (tertiary/aromatic N) is 3. The summed E-state index contributed by atoms with van der Waals surface area (Å²) in [6.07, 6.45) is 0. The minimum atomic E-state index is -0.358. The van der Waals surface area contributed by atoms with Gasteiger partial charge >= 0.3 is 0 Å². The van der Waals surface area contributed by atoms with Gasteiger partial charge in [0.15, 0.2) is 0 Å². The van der Waals surface area contributed by atoms with Crippen molar-refractivity contribution < 1.29 is 14.3 Å². The zero-order chi connectivity index (χ0) is 25.8. The van der Waals surface area contributed by atoms with Gasteiger partial charge in [0.2, 0.25) is 5.91 Å². The molecule has 0 spiro atoms. The van der Waals surface area contributed by atoms with Crippen molar-refractivity contribution in [1.82, 2.24) is 14.7 Å². The van der Waals surface area contributed by atoms with Gasteiger partial charge in [0.25, 0.3) is 5.91 Å². The average molecular weight is 517 g/mol.